The monoisotopic (exact) mass is 300 g/mol. The largest absolute Gasteiger partial charge is 0.325 e. The van der Waals surface area contributed by atoms with Crippen molar-refractivity contribution >= 4 is 22.9 Å². The second-order valence-electron chi connectivity index (χ2n) is 5.43. The number of hydrogen-bond donors (Lipinski definition) is 1. The Morgan fingerprint density at radius 1 is 1.29 bits per heavy atom. The molecule has 1 amide bonds. The summed E-state index contributed by atoms with van der Waals surface area (Å²) in [6.07, 6.45) is 2.08. The molecule has 3 nitrogen and oxygen atoms in total. The van der Waals surface area contributed by atoms with E-state index in [1.54, 1.807) is 0 Å². The van der Waals surface area contributed by atoms with E-state index in [1.807, 2.05) is 23.5 Å². The molecule has 1 aromatic heterocycles. The molecule has 2 heterocycles. The van der Waals surface area contributed by atoms with Crippen LogP contribution in [0, 0.1) is 0 Å². The number of fused-ring (bicyclic) bond motifs is 1. The predicted octanol–water partition coefficient (Wildman–Crippen LogP) is 3.31. The summed E-state index contributed by atoms with van der Waals surface area (Å²) in [6, 6.07) is 10.3. The molecule has 110 valence electrons. The zero-order chi connectivity index (χ0) is 14.7. The van der Waals surface area contributed by atoms with Gasteiger partial charge in [-0.15, -0.1) is 11.3 Å². The molecular weight excluding hydrogens is 280 g/mol. The van der Waals surface area contributed by atoms with E-state index in [2.05, 4.69) is 40.7 Å². The first kappa shape index (κ1) is 14.3. The Kier molecular flexibility index (Phi) is 4.36. The summed E-state index contributed by atoms with van der Waals surface area (Å²) in [4.78, 5) is 15.8. The molecule has 1 aliphatic rings. The summed E-state index contributed by atoms with van der Waals surface area (Å²) in [5.74, 6) is 0.0675. The molecule has 0 fully saturated rings. The lowest BCUT2D eigenvalue weighted by atomic mass is 10.1. The van der Waals surface area contributed by atoms with Crippen molar-refractivity contribution in [1.82, 2.24) is 4.90 Å². The molecule has 0 spiro atoms. The summed E-state index contributed by atoms with van der Waals surface area (Å²) >= 11 is 1.83. The summed E-state index contributed by atoms with van der Waals surface area (Å²) in [7, 11) is 0. The smallest absolute Gasteiger partial charge is 0.238 e. The van der Waals surface area contributed by atoms with Crippen molar-refractivity contribution in [3.05, 3.63) is 51.7 Å². The number of carbonyl (C=O) groups excluding carboxylic acids is 1. The molecule has 0 saturated heterocycles. The Morgan fingerprint density at radius 2 is 2.10 bits per heavy atom. The first-order chi connectivity index (χ1) is 10.2. The second-order valence-corrected chi connectivity index (χ2v) is 6.43. The molecule has 0 atom stereocenters. The minimum Gasteiger partial charge on any atom is -0.325 e. The molecule has 0 unspecified atom stereocenters. The number of rotatable bonds is 4. The van der Waals surface area contributed by atoms with E-state index in [0.29, 0.717) is 6.54 Å². The van der Waals surface area contributed by atoms with E-state index < -0.39 is 0 Å². The van der Waals surface area contributed by atoms with Crippen molar-refractivity contribution in [2.24, 2.45) is 0 Å². The Morgan fingerprint density at radius 3 is 2.86 bits per heavy atom. The van der Waals surface area contributed by atoms with Gasteiger partial charge in [0, 0.05) is 23.7 Å². The van der Waals surface area contributed by atoms with Gasteiger partial charge in [0.15, 0.2) is 0 Å². The van der Waals surface area contributed by atoms with Crippen LogP contribution in [-0.4, -0.2) is 23.9 Å². The fourth-order valence-corrected chi connectivity index (χ4v) is 3.56. The maximum atomic E-state index is 12.1. The van der Waals surface area contributed by atoms with Gasteiger partial charge in [-0.3, -0.25) is 9.69 Å². The summed E-state index contributed by atoms with van der Waals surface area (Å²) < 4.78 is 0. The number of carbonyl (C=O) groups is 1. The third-order valence-corrected chi connectivity index (χ3v) is 4.92. The number of anilines is 1. The van der Waals surface area contributed by atoms with Crippen molar-refractivity contribution in [3.8, 4) is 0 Å². The minimum absolute atomic E-state index is 0.0675. The number of hydrogen-bond acceptors (Lipinski definition) is 3. The maximum absolute atomic E-state index is 12.1. The van der Waals surface area contributed by atoms with Crippen molar-refractivity contribution in [2.45, 2.75) is 26.3 Å². The zero-order valence-electron chi connectivity index (χ0n) is 12.3. The minimum atomic E-state index is 0.0675. The fraction of sp³-hybridized carbons (Fsp3) is 0.353. The molecule has 1 N–H and O–H groups in total. The summed E-state index contributed by atoms with van der Waals surface area (Å²) in [6.45, 7) is 4.45. The van der Waals surface area contributed by atoms with Crippen LogP contribution < -0.4 is 5.32 Å². The van der Waals surface area contributed by atoms with E-state index in [4.69, 9.17) is 0 Å². The topological polar surface area (TPSA) is 32.3 Å². The molecular formula is C17H20N2OS. The number of amides is 1. The maximum Gasteiger partial charge on any atom is 0.238 e. The van der Waals surface area contributed by atoms with Crippen LogP contribution in [-0.2, 0) is 24.2 Å². The predicted molar refractivity (Wildman–Crippen MR) is 87.7 cm³/mol. The van der Waals surface area contributed by atoms with Crippen molar-refractivity contribution < 1.29 is 4.79 Å². The normalized spacial score (nSPS) is 14.7. The van der Waals surface area contributed by atoms with Gasteiger partial charge in [0.2, 0.25) is 5.91 Å². The van der Waals surface area contributed by atoms with Crippen LogP contribution in [0.15, 0.2) is 35.7 Å². The summed E-state index contributed by atoms with van der Waals surface area (Å²) in [5, 5.41) is 5.12. The third-order valence-electron chi connectivity index (χ3n) is 3.90. The van der Waals surface area contributed by atoms with Gasteiger partial charge in [0.05, 0.1) is 6.54 Å². The Hall–Kier alpha value is -1.65. The highest BCUT2D eigenvalue weighted by molar-refractivity contribution is 7.10. The van der Waals surface area contributed by atoms with Gasteiger partial charge in [-0.25, -0.2) is 0 Å². The third kappa shape index (κ3) is 3.52. The highest BCUT2D eigenvalue weighted by Gasteiger charge is 2.19. The van der Waals surface area contributed by atoms with Crippen LogP contribution in [0.25, 0.3) is 0 Å². The Labute approximate surface area is 129 Å². The second kappa shape index (κ2) is 6.41. The van der Waals surface area contributed by atoms with Crippen LogP contribution in [0.5, 0.6) is 0 Å². The number of benzene rings is 1. The van der Waals surface area contributed by atoms with E-state index in [1.165, 1.54) is 16.0 Å². The zero-order valence-corrected chi connectivity index (χ0v) is 13.1. The van der Waals surface area contributed by atoms with E-state index in [-0.39, 0.29) is 5.91 Å². The van der Waals surface area contributed by atoms with Crippen LogP contribution >= 0.6 is 11.3 Å². The molecule has 0 bridgehead atoms. The van der Waals surface area contributed by atoms with Crippen LogP contribution in [0.2, 0.25) is 0 Å². The molecule has 0 radical (unpaired) electrons. The molecule has 3 rings (SSSR count). The molecule has 4 heteroatoms. The number of thiophene rings is 1. The average Bonchev–Trinajstić information content (AvgIpc) is 2.95. The lowest BCUT2D eigenvalue weighted by Gasteiger charge is -2.26. The van der Waals surface area contributed by atoms with Gasteiger partial charge in [-0.1, -0.05) is 19.1 Å². The molecule has 1 aromatic carbocycles. The Balaban J connectivity index is 1.54. The van der Waals surface area contributed by atoms with E-state index >= 15 is 0 Å². The fourth-order valence-electron chi connectivity index (χ4n) is 2.67. The van der Waals surface area contributed by atoms with Crippen molar-refractivity contribution in [2.75, 3.05) is 18.4 Å². The average molecular weight is 300 g/mol. The molecule has 0 saturated carbocycles. The SMILES string of the molecule is CCc1ccc(NC(=O)CN2CCc3sccc3C2)cc1. The van der Waals surface area contributed by atoms with E-state index in [9.17, 15) is 4.79 Å². The molecule has 1 aliphatic heterocycles. The number of nitrogens with one attached hydrogen (secondary N) is 1. The van der Waals surface area contributed by atoms with Crippen LogP contribution in [0.3, 0.4) is 0 Å². The van der Waals surface area contributed by atoms with Crippen molar-refractivity contribution in [1.29, 1.82) is 0 Å². The number of nitrogens with zero attached hydrogens (tertiary/aromatic N) is 1. The quantitative estimate of drug-likeness (QED) is 0.939. The summed E-state index contributed by atoms with van der Waals surface area (Å²) in [5.41, 5.74) is 3.55. The Bertz CT molecular complexity index is 618. The van der Waals surface area contributed by atoms with Crippen molar-refractivity contribution in [3.63, 3.8) is 0 Å². The standard InChI is InChI=1S/C17H20N2OS/c1-2-13-3-5-15(6-4-13)18-17(20)12-19-9-7-16-14(11-19)8-10-21-16/h3-6,8,10H,2,7,9,11-12H2,1H3,(H,18,20). The van der Waals surface area contributed by atoms with Crippen LogP contribution in [0.4, 0.5) is 5.69 Å². The first-order valence-corrected chi connectivity index (χ1v) is 8.29. The van der Waals surface area contributed by atoms with E-state index in [0.717, 1.165) is 31.6 Å². The van der Waals surface area contributed by atoms with Gasteiger partial charge in [-0.2, -0.15) is 0 Å². The van der Waals surface area contributed by atoms with Gasteiger partial charge < -0.3 is 5.32 Å². The molecule has 2 aromatic rings. The van der Waals surface area contributed by atoms with Gasteiger partial charge in [-0.05, 0) is 47.5 Å². The van der Waals surface area contributed by atoms with Crippen LogP contribution in [0.1, 0.15) is 22.9 Å². The lowest BCUT2D eigenvalue weighted by molar-refractivity contribution is -0.117. The van der Waals surface area contributed by atoms with Gasteiger partial charge >= 0.3 is 0 Å². The molecule has 21 heavy (non-hydrogen) atoms. The molecule has 0 aliphatic carbocycles. The highest BCUT2D eigenvalue weighted by atomic mass is 32.1. The lowest BCUT2D eigenvalue weighted by Crippen LogP contribution is -2.36. The number of aryl methyl sites for hydroxylation is 1. The van der Waals surface area contributed by atoms with Gasteiger partial charge in [0.25, 0.3) is 0 Å². The first-order valence-electron chi connectivity index (χ1n) is 7.41. The highest BCUT2D eigenvalue weighted by Crippen LogP contribution is 2.23. The van der Waals surface area contributed by atoms with Gasteiger partial charge in [0.1, 0.15) is 0 Å².